The third kappa shape index (κ3) is 3.62. The molecule has 7 heteroatoms. The Bertz CT molecular complexity index is 602. The van der Waals surface area contributed by atoms with E-state index in [0.717, 1.165) is 17.1 Å². The number of ether oxygens (including phenoxy) is 1. The molecule has 1 aromatic rings. The third-order valence-corrected chi connectivity index (χ3v) is 2.93. The molecule has 0 spiro atoms. The van der Waals surface area contributed by atoms with Crippen LogP contribution in [0.3, 0.4) is 0 Å². The van der Waals surface area contributed by atoms with Crippen LogP contribution in [-0.2, 0) is 14.3 Å². The topological polar surface area (TPSA) is 59.0 Å². The molecule has 5 nitrogen and oxygen atoms in total. The number of hydrazone groups is 1. The van der Waals surface area contributed by atoms with Crippen molar-refractivity contribution in [3.05, 3.63) is 35.4 Å². The Morgan fingerprint density at radius 1 is 1.38 bits per heavy atom. The lowest BCUT2D eigenvalue weighted by atomic mass is 10.0. The van der Waals surface area contributed by atoms with Crippen molar-refractivity contribution in [2.24, 2.45) is 5.10 Å². The highest BCUT2D eigenvalue weighted by Gasteiger charge is 2.25. The van der Waals surface area contributed by atoms with Gasteiger partial charge in [-0.1, -0.05) is 0 Å². The maximum Gasteiger partial charge on any atom is 0.327 e. The van der Waals surface area contributed by atoms with Gasteiger partial charge in [-0.2, -0.15) is 5.10 Å². The van der Waals surface area contributed by atoms with Crippen molar-refractivity contribution < 1.29 is 23.1 Å². The molecule has 1 aliphatic rings. The van der Waals surface area contributed by atoms with Gasteiger partial charge in [0, 0.05) is 24.5 Å². The third-order valence-electron chi connectivity index (χ3n) is 2.93. The number of benzene rings is 1. The van der Waals surface area contributed by atoms with Crippen LogP contribution in [0, 0.1) is 11.6 Å². The van der Waals surface area contributed by atoms with Gasteiger partial charge >= 0.3 is 5.97 Å². The van der Waals surface area contributed by atoms with Crippen LogP contribution < -0.4 is 0 Å². The number of carbonyl (C=O) groups excluding carboxylic acids is 2. The Hall–Kier alpha value is -2.31. The fraction of sp³-hybridized carbons (Fsp3) is 0.357. The van der Waals surface area contributed by atoms with Crippen LogP contribution in [0.2, 0.25) is 0 Å². The predicted molar refractivity (Wildman–Crippen MR) is 70.5 cm³/mol. The van der Waals surface area contributed by atoms with E-state index in [4.69, 9.17) is 4.74 Å². The highest BCUT2D eigenvalue weighted by Crippen LogP contribution is 2.18. The van der Waals surface area contributed by atoms with E-state index in [1.807, 2.05) is 0 Å². The van der Waals surface area contributed by atoms with E-state index in [1.54, 1.807) is 6.92 Å². The molecule has 1 amide bonds. The standard InChI is InChI=1S/C14H14F2N2O3/c1-2-21-14(20)8-18-13(19)6-5-12(17-18)10-4-3-9(15)7-11(10)16/h3-4,7H,2,5-6,8H2,1H3. The summed E-state index contributed by atoms with van der Waals surface area (Å²) in [6.07, 6.45) is 0.343. The molecule has 0 aliphatic carbocycles. The average Bonchev–Trinajstić information content (AvgIpc) is 2.42. The molecule has 2 rings (SSSR count). The Morgan fingerprint density at radius 2 is 2.14 bits per heavy atom. The smallest absolute Gasteiger partial charge is 0.327 e. The van der Waals surface area contributed by atoms with E-state index in [2.05, 4.69) is 5.10 Å². The fourth-order valence-electron chi connectivity index (χ4n) is 1.97. The number of halogens is 2. The molecule has 0 radical (unpaired) electrons. The zero-order valence-corrected chi connectivity index (χ0v) is 11.4. The lowest BCUT2D eigenvalue weighted by Crippen LogP contribution is -2.36. The van der Waals surface area contributed by atoms with E-state index in [-0.39, 0.29) is 37.5 Å². The van der Waals surface area contributed by atoms with E-state index >= 15 is 0 Å². The zero-order chi connectivity index (χ0) is 15.4. The number of amides is 1. The average molecular weight is 296 g/mol. The summed E-state index contributed by atoms with van der Waals surface area (Å²) in [5, 5.41) is 4.94. The van der Waals surface area contributed by atoms with Crippen molar-refractivity contribution in [1.82, 2.24) is 5.01 Å². The lowest BCUT2D eigenvalue weighted by Gasteiger charge is -2.23. The van der Waals surface area contributed by atoms with Crippen LogP contribution >= 0.6 is 0 Å². The molecule has 0 saturated heterocycles. The number of rotatable bonds is 4. The minimum Gasteiger partial charge on any atom is -0.465 e. The van der Waals surface area contributed by atoms with Gasteiger partial charge in [-0.05, 0) is 19.1 Å². The van der Waals surface area contributed by atoms with Crippen LogP contribution in [0.1, 0.15) is 25.3 Å². The van der Waals surface area contributed by atoms with Crippen molar-refractivity contribution in [1.29, 1.82) is 0 Å². The van der Waals surface area contributed by atoms with Crippen LogP contribution in [0.15, 0.2) is 23.3 Å². The number of carbonyl (C=O) groups is 2. The first-order chi connectivity index (χ1) is 10.0. The van der Waals surface area contributed by atoms with Gasteiger partial charge in [-0.15, -0.1) is 0 Å². The highest BCUT2D eigenvalue weighted by molar-refractivity contribution is 6.04. The van der Waals surface area contributed by atoms with Crippen LogP contribution in [-0.4, -0.2) is 35.7 Å². The van der Waals surface area contributed by atoms with Gasteiger partial charge in [-0.3, -0.25) is 9.59 Å². The zero-order valence-electron chi connectivity index (χ0n) is 11.4. The fourth-order valence-corrected chi connectivity index (χ4v) is 1.97. The molecule has 0 unspecified atom stereocenters. The normalized spacial score (nSPS) is 14.9. The number of esters is 1. The Kier molecular flexibility index (Phi) is 4.62. The quantitative estimate of drug-likeness (QED) is 0.797. The number of hydrogen-bond acceptors (Lipinski definition) is 4. The van der Waals surface area contributed by atoms with E-state index in [0.29, 0.717) is 5.71 Å². The molecule has 0 saturated carbocycles. The summed E-state index contributed by atoms with van der Waals surface area (Å²) in [4.78, 5) is 23.1. The second-order valence-corrected chi connectivity index (χ2v) is 4.43. The summed E-state index contributed by atoms with van der Waals surface area (Å²) in [7, 11) is 0. The predicted octanol–water partition coefficient (Wildman–Crippen LogP) is 1.85. The minimum absolute atomic E-state index is 0.106. The van der Waals surface area contributed by atoms with Crippen molar-refractivity contribution in [2.45, 2.75) is 19.8 Å². The van der Waals surface area contributed by atoms with Crippen molar-refractivity contribution in [3.63, 3.8) is 0 Å². The maximum atomic E-state index is 13.7. The molecule has 1 heterocycles. The number of hydrogen-bond donors (Lipinski definition) is 0. The molecule has 0 N–H and O–H groups in total. The molecule has 1 aromatic carbocycles. The van der Waals surface area contributed by atoms with Crippen molar-refractivity contribution in [3.8, 4) is 0 Å². The molecule has 1 aliphatic heterocycles. The van der Waals surface area contributed by atoms with Crippen molar-refractivity contribution in [2.75, 3.05) is 13.2 Å². The van der Waals surface area contributed by atoms with Gasteiger partial charge < -0.3 is 4.74 Å². The molecule has 0 bridgehead atoms. The van der Waals surface area contributed by atoms with Gasteiger partial charge in [0.05, 0.1) is 12.3 Å². The first kappa shape index (κ1) is 15.1. The molecule has 112 valence electrons. The summed E-state index contributed by atoms with van der Waals surface area (Å²) in [6, 6.07) is 3.14. The van der Waals surface area contributed by atoms with E-state index < -0.39 is 17.6 Å². The molecule has 21 heavy (non-hydrogen) atoms. The summed E-state index contributed by atoms with van der Waals surface area (Å²) in [5.41, 5.74) is 0.425. The minimum atomic E-state index is -0.751. The number of nitrogens with zero attached hydrogens (tertiary/aromatic N) is 2. The summed E-state index contributed by atoms with van der Waals surface area (Å²) in [5.74, 6) is -2.36. The molecule has 0 fully saturated rings. The largest absolute Gasteiger partial charge is 0.465 e. The van der Waals surface area contributed by atoms with Crippen LogP contribution in [0.4, 0.5) is 8.78 Å². The van der Waals surface area contributed by atoms with Gasteiger partial charge in [0.15, 0.2) is 0 Å². The molecule has 0 atom stereocenters. The molecular formula is C14H14F2N2O3. The Balaban J connectivity index is 2.23. The van der Waals surface area contributed by atoms with E-state index in [9.17, 15) is 18.4 Å². The second-order valence-electron chi connectivity index (χ2n) is 4.43. The summed E-state index contributed by atoms with van der Waals surface area (Å²) >= 11 is 0. The first-order valence-electron chi connectivity index (χ1n) is 6.50. The van der Waals surface area contributed by atoms with Gasteiger partial charge in [-0.25, -0.2) is 13.8 Å². The van der Waals surface area contributed by atoms with E-state index in [1.165, 1.54) is 6.07 Å². The summed E-state index contributed by atoms with van der Waals surface area (Å²) < 4.78 is 31.4. The summed E-state index contributed by atoms with van der Waals surface area (Å²) in [6.45, 7) is 1.53. The first-order valence-corrected chi connectivity index (χ1v) is 6.50. The molecular weight excluding hydrogens is 282 g/mol. The Labute approximate surface area is 120 Å². The monoisotopic (exact) mass is 296 g/mol. The van der Waals surface area contributed by atoms with Crippen LogP contribution in [0.5, 0.6) is 0 Å². The SMILES string of the molecule is CCOC(=O)CN1N=C(c2ccc(F)cc2F)CCC1=O. The van der Waals surface area contributed by atoms with Crippen LogP contribution in [0.25, 0.3) is 0 Å². The second kappa shape index (κ2) is 6.43. The maximum absolute atomic E-state index is 13.7. The van der Waals surface area contributed by atoms with Gasteiger partial charge in [0.25, 0.3) is 0 Å². The highest BCUT2D eigenvalue weighted by atomic mass is 19.1. The van der Waals surface area contributed by atoms with Gasteiger partial charge in [0.2, 0.25) is 5.91 Å². The molecule has 0 aromatic heterocycles. The van der Waals surface area contributed by atoms with Crippen molar-refractivity contribution >= 4 is 17.6 Å². The Morgan fingerprint density at radius 3 is 2.81 bits per heavy atom. The van der Waals surface area contributed by atoms with Gasteiger partial charge in [0.1, 0.15) is 18.2 Å². The lowest BCUT2D eigenvalue weighted by molar-refractivity contribution is -0.149.